The zero-order valence-electron chi connectivity index (χ0n) is 12.8. The summed E-state index contributed by atoms with van der Waals surface area (Å²) >= 11 is 1.49. The molecule has 0 unspecified atom stereocenters. The number of ether oxygens (including phenoxy) is 2. The Morgan fingerprint density at radius 2 is 2.08 bits per heavy atom. The Bertz CT molecular complexity index is 919. The van der Waals surface area contributed by atoms with Crippen molar-refractivity contribution in [2.24, 2.45) is 4.99 Å². The van der Waals surface area contributed by atoms with Crippen molar-refractivity contribution in [3.05, 3.63) is 58.7 Å². The molecule has 1 aliphatic heterocycles. The van der Waals surface area contributed by atoms with Gasteiger partial charge in [0.25, 0.3) is 0 Å². The highest BCUT2D eigenvalue weighted by atomic mass is 32.1. The summed E-state index contributed by atoms with van der Waals surface area (Å²) in [6.07, 6.45) is 1.68. The standard InChI is InChI=1S/C18H13FN2O2S/c1-22-13-6-7-14-15(8-13)23-10-16-17(14)21-18(24-16)20-9-11-2-4-12(19)5-3-11/h2-9H,10H2,1H3. The fourth-order valence-corrected chi connectivity index (χ4v) is 3.30. The van der Waals surface area contributed by atoms with Crippen molar-refractivity contribution in [2.75, 3.05) is 7.11 Å². The fourth-order valence-electron chi connectivity index (χ4n) is 2.47. The number of aliphatic imine (C=N–C) groups is 1. The van der Waals surface area contributed by atoms with E-state index in [1.54, 1.807) is 25.5 Å². The van der Waals surface area contributed by atoms with E-state index in [1.165, 1.54) is 23.5 Å². The van der Waals surface area contributed by atoms with E-state index in [9.17, 15) is 4.39 Å². The summed E-state index contributed by atoms with van der Waals surface area (Å²) < 4.78 is 23.9. The van der Waals surface area contributed by atoms with Gasteiger partial charge in [-0.05, 0) is 29.8 Å². The molecule has 4 nitrogen and oxygen atoms in total. The number of benzene rings is 2. The zero-order chi connectivity index (χ0) is 16.5. The average Bonchev–Trinajstić information content (AvgIpc) is 3.04. The van der Waals surface area contributed by atoms with Gasteiger partial charge in [-0.1, -0.05) is 23.5 Å². The average molecular weight is 340 g/mol. The van der Waals surface area contributed by atoms with Crippen LogP contribution in [0.4, 0.5) is 9.52 Å². The van der Waals surface area contributed by atoms with E-state index in [4.69, 9.17) is 9.47 Å². The molecule has 0 saturated carbocycles. The van der Waals surface area contributed by atoms with Crippen LogP contribution in [0.5, 0.6) is 11.5 Å². The highest BCUT2D eigenvalue weighted by Gasteiger charge is 2.22. The summed E-state index contributed by atoms with van der Waals surface area (Å²) in [5.74, 6) is 1.25. The highest BCUT2D eigenvalue weighted by Crippen LogP contribution is 2.42. The number of hydrogen-bond donors (Lipinski definition) is 0. The smallest absolute Gasteiger partial charge is 0.210 e. The van der Waals surface area contributed by atoms with Crippen LogP contribution in [0.3, 0.4) is 0 Å². The van der Waals surface area contributed by atoms with Crippen molar-refractivity contribution in [1.29, 1.82) is 0 Å². The largest absolute Gasteiger partial charge is 0.497 e. The third-order valence-electron chi connectivity index (χ3n) is 3.68. The molecular formula is C18H13FN2O2S. The van der Waals surface area contributed by atoms with Gasteiger partial charge in [-0.25, -0.2) is 14.4 Å². The van der Waals surface area contributed by atoms with Gasteiger partial charge in [0.05, 0.1) is 17.7 Å². The molecule has 6 heteroatoms. The Morgan fingerprint density at radius 1 is 1.25 bits per heavy atom. The van der Waals surface area contributed by atoms with Crippen LogP contribution < -0.4 is 9.47 Å². The van der Waals surface area contributed by atoms with E-state index in [-0.39, 0.29) is 5.82 Å². The highest BCUT2D eigenvalue weighted by molar-refractivity contribution is 7.15. The number of hydrogen-bond acceptors (Lipinski definition) is 5. The second-order valence-corrected chi connectivity index (χ2v) is 6.29. The van der Waals surface area contributed by atoms with Gasteiger partial charge >= 0.3 is 0 Å². The first kappa shape index (κ1) is 14.8. The minimum atomic E-state index is -0.263. The van der Waals surface area contributed by atoms with Crippen molar-refractivity contribution >= 4 is 22.7 Å². The molecule has 4 rings (SSSR count). The molecule has 0 bridgehead atoms. The monoisotopic (exact) mass is 340 g/mol. The van der Waals surface area contributed by atoms with Crippen molar-refractivity contribution in [3.63, 3.8) is 0 Å². The van der Waals surface area contributed by atoms with E-state index in [0.29, 0.717) is 11.7 Å². The second-order valence-electron chi connectivity index (χ2n) is 5.23. The topological polar surface area (TPSA) is 43.7 Å². The van der Waals surface area contributed by atoms with Crippen molar-refractivity contribution in [1.82, 2.24) is 4.98 Å². The van der Waals surface area contributed by atoms with Crippen molar-refractivity contribution in [2.45, 2.75) is 6.61 Å². The van der Waals surface area contributed by atoms with Gasteiger partial charge in [0.15, 0.2) is 0 Å². The van der Waals surface area contributed by atoms with E-state index in [2.05, 4.69) is 9.98 Å². The first-order valence-electron chi connectivity index (χ1n) is 7.33. The van der Waals surface area contributed by atoms with Gasteiger partial charge in [-0.15, -0.1) is 0 Å². The Balaban J connectivity index is 1.65. The molecule has 3 aromatic rings. The molecule has 0 radical (unpaired) electrons. The maximum Gasteiger partial charge on any atom is 0.210 e. The molecule has 2 heterocycles. The molecule has 2 aromatic carbocycles. The molecule has 1 aliphatic rings. The molecule has 1 aromatic heterocycles. The van der Waals surface area contributed by atoms with E-state index in [1.807, 2.05) is 18.2 Å². The van der Waals surface area contributed by atoms with Gasteiger partial charge in [-0.3, -0.25) is 0 Å². The number of methoxy groups -OCH3 is 1. The molecule has 0 spiro atoms. The van der Waals surface area contributed by atoms with Crippen molar-refractivity contribution < 1.29 is 13.9 Å². The number of aromatic nitrogens is 1. The van der Waals surface area contributed by atoms with E-state index < -0.39 is 0 Å². The van der Waals surface area contributed by atoms with Gasteiger partial charge in [0.1, 0.15) is 23.9 Å². The fraction of sp³-hybridized carbons (Fsp3) is 0.111. The Kier molecular flexibility index (Phi) is 3.74. The zero-order valence-corrected chi connectivity index (χ0v) is 13.6. The summed E-state index contributed by atoms with van der Waals surface area (Å²) in [5.41, 5.74) is 2.66. The van der Waals surface area contributed by atoms with E-state index in [0.717, 1.165) is 33.2 Å². The summed E-state index contributed by atoms with van der Waals surface area (Å²) in [7, 11) is 1.63. The molecular weight excluding hydrogens is 327 g/mol. The molecule has 0 aliphatic carbocycles. The maximum atomic E-state index is 12.9. The van der Waals surface area contributed by atoms with Crippen LogP contribution in [0.15, 0.2) is 47.5 Å². The summed E-state index contributed by atoms with van der Waals surface area (Å²) in [6, 6.07) is 11.9. The lowest BCUT2D eigenvalue weighted by Crippen LogP contribution is -2.03. The van der Waals surface area contributed by atoms with Gasteiger partial charge in [0, 0.05) is 17.8 Å². The molecule has 24 heavy (non-hydrogen) atoms. The van der Waals surface area contributed by atoms with Gasteiger partial charge in [-0.2, -0.15) is 0 Å². The molecule has 0 N–H and O–H groups in total. The van der Waals surface area contributed by atoms with Gasteiger partial charge < -0.3 is 9.47 Å². The van der Waals surface area contributed by atoms with Crippen LogP contribution in [0.2, 0.25) is 0 Å². The third-order valence-corrected chi connectivity index (χ3v) is 4.62. The van der Waals surface area contributed by atoms with Crippen LogP contribution in [0, 0.1) is 5.82 Å². The summed E-state index contributed by atoms with van der Waals surface area (Å²) in [4.78, 5) is 10.0. The molecule has 0 saturated heterocycles. The Morgan fingerprint density at radius 3 is 2.88 bits per heavy atom. The molecule has 0 fully saturated rings. The summed E-state index contributed by atoms with van der Waals surface area (Å²) in [5, 5.41) is 0.650. The normalized spacial score (nSPS) is 12.6. The first-order chi connectivity index (χ1) is 11.7. The maximum absolute atomic E-state index is 12.9. The Labute approximate surface area is 142 Å². The minimum Gasteiger partial charge on any atom is -0.497 e. The van der Waals surface area contributed by atoms with Gasteiger partial charge in [0.2, 0.25) is 5.13 Å². The predicted molar refractivity (Wildman–Crippen MR) is 92.1 cm³/mol. The van der Waals surface area contributed by atoms with Crippen LogP contribution in [0.25, 0.3) is 11.3 Å². The van der Waals surface area contributed by atoms with Crippen molar-refractivity contribution in [3.8, 4) is 22.8 Å². The molecule has 0 amide bonds. The number of fused-ring (bicyclic) bond motifs is 3. The molecule has 0 atom stereocenters. The summed E-state index contributed by atoms with van der Waals surface area (Å²) in [6.45, 7) is 0.471. The lowest BCUT2D eigenvalue weighted by Gasteiger charge is -2.16. The SMILES string of the molecule is COc1ccc2c(c1)OCc1sc(N=Cc3ccc(F)cc3)nc1-2. The van der Waals surface area contributed by atoms with Crippen LogP contribution in [0.1, 0.15) is 10.4 Å². The quantitative estimate of drug-likeness (QED) is 0.655. The predicted octanol–water partition coefficient (Wildman–Crippen LogP) is 4.60. The lowest BCUT2D eigenvalue weighted by atomic mass is 10.1. The number of rotatable bonds is 3. The Hall–Kier alpha value is -2.73. The second kappa shape index (κ2) is 6.05. The van der Waals surface area contributed by atoms with Crippen LogP contribution in [-0.4, -0.2) is 18.3 Å². The first-order valence-corrected chi connectivity index (χ1v) is 8.15. The van der Waals surface area contributed by atoms with E-state index >= 15 is 0 Å². The third kappa shape index (κ3) is 2.76. The van der Waals surface area contributed by atoms with Crippen LogP contribution >= 0.6 is 11.3 Å². The minimum absolute atomic E-state index is 0.263. The number of thiazole rings is 1. The lowest BCUT2D eigenvalue weighted by molar-refractivity contribution is 0.303. The number of halogens is 1. The number of nitrogens with zero attached hydrogens (tertiary/aromatic N) is 2. The van der Waals surface area contributed by atoms with Crippen LogP contribution in [-0.2, 0) is 6.61 Å². The molecule has 120 valence electrons.